The molecule has 0 bridgehead atoms. The van der Waals surface area contributed by atoms with Gasteiger partial charge >= 0.3 is 0 Å². The molecule has 74 valence electrons. The van der Waals surface area contributed by atoms with Gasteiger partial charge in [-0.05, 0) is 32.9 Å². The summed E-state index contributed by atoms with van der Waals surface area (Å²) in [7, 11) is 1.91. The van der Waals surface area contributed by atoms with Gasteiger partial charge in [0.15, 0.2) is 0 Å². The summed E-state index contributed by atoms with van der Waals surface area (Å²) in [4.78, 5) is 0. The fourth-order valence-electron chi connectivity index (χ4n) is 1.14. The summed E-state index contributed by atoms with van der Waals surface area (Å²) < 4.78 is 2.95. The number of thiophene rings is 1. The summed E-state index contributed by atoms with van der Waals surface area (Å²) in [5.74, 6) is 0.912. The van der Waals surface area contributed by atoms with E-state index in [1.54, 1.807) is 16.0 Å². The Balaban J connectivity index is 1.94. The molecular formula is C9H10BrN3S. The van der Waals surface area contributed by atoms with Crippen LogP contribution >= 0.6 is 27.3 Å². The lowest BCUT2D eigenvalue weighted by Gasteiger charge is -1.99. The second kappa shape index (κ2) is 4.14. The highest BCUT2D eigenvalue weighted by molar-refractivity contribution is 9.11. The molecule has 2 rings (SSSR count). The zero-order chi connectivity index (χ0) is 9.97. The third-order valence-electron chi connectivity index (χ3n) is 1.81. The Kier molecular flexibility index (Phi) is 2.88. The van der Waals surface area contributed by atoms with Gasteiger partial charge in [-0.3, -0.25) is 4.68 Å². The van der Waals surface area contributed by atoms with Crippen molar-refractivity contribution >= 4 is 33.1 Å². The molecule has 0 unspecified atom stereocenters. The Morgan fingerprint density at radius 2 is 2.50 bits per heavy atom. The summed E-state index contributed by atoms with van der Waals surface area (Å²) in [5, 5.41) is 9.60. The first-order valence-corrected chi connectivity index (χ1v) is 5.88. The van der Waals surface area contributed by atoms with Gasteiger partial charge in [0, 0.05) is 25.9 Å². The van der Waals surface area contributed by atoms with Gasteiger partial charge in [0.1, 0.15) is 5.82 Å². The average Bonchev–Trinajstić information content (AvgIpc) is 2.72. The average molecular weight is 272 g/mol. The van der Waals surface area contributed by atoms with Crippen molar-refractivity contribution in [2.75, 3.05) is 5.32 Å². The van der Waals surface area contributed by atoms with Crippen molar-refractivity contribution in [3.63, 3.8) is 0 Å². The smallest absolute Gasteiger partial charge is 0.148 e. The van der Waals surface area contributed by atoms with Gasteiger partial charge in [-0.1, -0.05) is 0 Å². The topological polar surface area (TPSA) is 29.9 Å². The third-order valence-corrected chi connectivity index (χ3v) is 3.36. The van der Waals surface area contributed by atoms with Crippen LogP contribution in [-0.4, -0.2) is 9.78 Å². The molecule has 0 atom stereocenters. The third kappa shape index (κ3) is 2.36. The number of hydrogen-bond donors (Lipinski definition) is 1. The second-order valence-electron chi connectivity index (χ2n) is 2.99. The van der Waals surface area contributed by atoms with E-state index in [4.69, 9.17) is 0 Å². The van der Waals surface area contributed by atoms with Crippen LogP contribution in [0.2, 0.25) is 0 Å². The van der Waals surface area contributed by atoms with Gasteiger partial charge in [-0.2, -0.15) is 5.10 Å². The molecule has 5 heteroatoms. The first kappa shape index (κ1) is 9.73. The predicted molar refractivity (Wildman–Crippen MR) is 62.6 cm³/mol. The fourth-order valence-corrected chi connectivity index (χ4v) is 2.35. The first-order valence-electron chi connectivity index (χ1n) is 4.20. The van der Waals surface area contributed by atoms with Gasteiger partial charge in [0.05, 0.1) is 3.79 Å². The molecule has 0 amide bonds. The summed E-state index contributed by atoms with van der Waals surface area (Å²) in [6.45, 7) is 0.819. The molecule has 0 saturated heterocycles. The van der Waals surface area contributed by atoms with Crippen molar-refractivity contribution in [1.82, 2.24) is 9.78 Å². The molecule has 0 fully saturated rings. The minimum absolute atomic E-state index is 0.819. The zero-order valence-corrected chi connectivity index (χ0v) is 10.1. The Morgan fingerprint density at radius 3 is 3.07 bits per heavy atom. The highest BCUT2D eigenvalue weighted by Gasteiger charge is 1.98. The van der Waals surface area contributed by atoms with Crippen LogP contribution in [0.3, 0.4) is 0 Å². The maximum atomic E-state index is 4.23. The Labute approximate surface area is 94.9 Å². The van der Waals surface area contributed by atoms with Crippen LogP contribution in [0.1, 0.15) is 5.56 Å². The molecule has 0 aliphatic heterocycles. The van der Waals surface area contributed by atoms with E-state index in [0.717, 1.165) is 16.1 Å². The fraction of sp³-hybridized carbons (Fsp3) is 0.222. The number of anilines is 1. The minimum Gasteiger partial charge on any atom is -0.364 e. The number of nitrogens with zero attached hydrogens (tertiary/aromatic N) is 2. The largest absolute Gasteiger partial charge is 0.364 e. The molecule has 3 nitrogen and oxygen atoms in total. The number of halogens is 1. The van der Waals surface area contributed by atoms with Crippen molar-refractivity contribution in [3.05, 3.63) is 33.1 Å². The Hall–Kier alpha value is -0.810. The van der Waals surface area contributed by atoms with E-state index in [1.807, 2.05) is 19.3 Å². The van der Waals surface area contributed by atoms with Gasteiger partial charge in [0.2, 0.25) is 0 Å². The van der Waals surface area contributed by atoms with Crippen molar-refractivity contribution in [1.29, 1.82) is 0 Å². The van der Waals surface area contributed by atoms with Crippen LogP contribution in [0.4, 0.5) is 5.82 Å². The normalized spacial score (nSPS) is 10.4. The second-order valence-corrected chi connectivity index (χ2v) is 5.28. The lowest BCUT2D eigenvalue weighted by Crippen LogP contribution is -1.99. The quantitative estimate of drug-likeness (QED) is 0.931. The van der Waals surface area contributed by atoms with Crippen LogP contribution in [-0.2, 0) is 13.6 Å². The van der Waals surface area contributed by atoms with Crippen molar-refractivity contribution < 1.29 is 0 Å². The molecule has 14 heavy (non-hydrogen) atoms. The van der Waals surface area contributed by atoms with Gasteiger partial charge < -0.3 is 5.32 Å². The Morgan fingerprint density at radius 1 is 1.64 bits per heavy atom. The van der Waals surface area contributed by atoms with Crippen LogP contribution < -0.4 is 5.32 Å². The summed E-state index contributed by atoms with van der Waals surface area (Å²) >= 11 is 5.13. The van der Waals surface area contributed by atoms with Gasteiger partial charge in [0.25, 0.3) is 0 Å². The highest BCUT2D eigenvalue weighted by atomic mass is 79.9. The van der Waals surface area contributed by atoms with E-state index in [2.05, 4.69) is 37.8 Å². The molecule has 0 aliphatic rings. The number of aromatic nitrogens is 2. The van der Waals surface area contributed by atoms with Gasteiger partial charge in [-0.25, -0.2) is 0 Å². The molecule has 2 heterocycles. The number of aryl methyl sites for hydroxylation is 1. The number of nitrogens with one attached hydrogen (secondary N) is 1. The zero-order valence-electron chi connectivity index (χ0n) is 7.70. The van der Waals surface area contributed by atoms with Gasteiger partial charge in [-0.15, -0.1) is 11.3 Å². The number of hydrogen-bond acceptors (Lipinski definition) is 3. The summed E-state index contributed by atoms with van der Waals surface area (Å²) in [5.41, 5.74) is 1.27. The SMILES string of the molecule is Cn1ccc(NCc2csc(Br)c2)n1. The summed E-state index contributed by atoms with van der Waals surface area (Å²) in [6.07, 6.45) is 1.92. The van der Waals surface area contributed by atoms with Crippen LogP contribution in [0.25, 0.3) is 0 Å². The molecule has 2 aromatic rings. The van der Waals surface area contributed by atoms with Crippen LogP contribution in [0.15, 0.2) is 27.5 Å². The maximum absolute atomic E-state index is 4.23. The van der Waals surface area contributed by atoms with Crippen molar-refractivity contribution in [3.8, 4) is 0 Å². The van der Waals surface area contributed by atoms with Crippen LogP contribution in [0.5, 0.6) is 0 Å². The van der Waals surface area contributed by atoms with E-state index in [0.29, 0.717) is 0 Å². The van der Waals surface area contributed by atoms with E-state index in [-0.39, 0.29) is 0 Å². The standard InChI is InChI=1S/C9H10BrN3S/c1-13-3-2-9(12-13)11-5-7-4-8(10)14-6-7/h2-4,6H,5H2,1H3,(H,11,12). The highest BCUT2D eigenvalue weighted by Crippen LogP contribution is 2.21. The molecule has 0 aromatic carbocycles. The minimum atomic E-state index is 0.819. The number of rotatable bonds is 3. The molecule has 0 aliphatic carbocycles. The predicted octanol–water partition coefficient (Wildman–Crippen LogP) is 2.86. The van der Waals surface area contributed by atoms with E-state index < -0.39 is 0 Å². The van der Waals surface area contributed by atoms with E-state index >= 15 is 0 Å². The Bertz CT molecular complexity index is 381. The molecule has 1 N–H and O–H groups in total. The van der Waals surface area contributed by atoms with E-state index in [1.165, 1.54) is 5.56 Å². The first-order chi connectivity index (χ1) is 6.74. The molecular weight excluding hydrogens is 262 g/mol. The molecule has 0 spiro atoms. The lowest BCUT2D eigenvalue weighted by molar-refractivity contribution is 0.768. The molecule has 2 aromatic heterocycles. The summed E-state index contributed by atoms with van der Waals surface area (Å²) in [6, 6.07) is 4.07. The van der Waals surface area contributed by atoms with E-state index in [9.17, 15) is 0 Å². The monoisotopic (exact) mass is 271 g/mol. The lowest BCUT2D eigenvalue weighted by atomic mass is 10.3. The maximum Gasteiger partial charge on any atom is 0.148 e. The molecule has 0 saturated carbocycles. The van der Waals surface area contributed by atoms with Crippen LogP contribution in [0, 0.1) is 0 Å². The van der Waals surface area contributed by atoms with Crippen molar-refractivity contribution in [2.24, 2.45) is 7.05 Å². The molecule has 0 radical (unpaired) electrons. The van der Waals surface area contributed by atoms with Crippen molar-refractivity contribution in [2.45, 2.75) is 6.54 Å².